The van der Waals surface area contributed by atoms with Gasteiger partial charge in [0.25, 0.3) is 0 Å². The van der Waals surface area contributed by atoms with E-state index in [1.807, 2.05) is 24.5 Å². The Balaban J connectivity index is 1.77. The molecule has 3 aromatic rings. The van der Waals surface area contributed by atoms with Crippen molar-refractivity contribution in [2.24, 2.45) is 0 Å². The lowest BCUT2D eigenvalue weighted by molar-refractivity contribution is 0.509. The third-order valence-corrected chi connectivity index (χ3v) is 4.17. The number of nitrogens with one attached hydrogen (secondary N) is 1. The maximum absolute atomic E-state index is 6.06. The molecule has 6 heteroatoms. The van der Waals surface area contributed by atoms with Gasteiger partial charge in [-0.1, -0.05) is 43.7 Å². The molecule has 0 aliphatic rings. The van der Waals surface area contributed by atoms with E-state index < -0.39 is 0 Å². The molecule has 3 rings (SSSR count). The first-order valence-electron chi connectivity index (χ1n) is 8.47. The summed E-state index contributed by atoms with van der Waals surface area (Å²) >= 11 is 0. The molecule has 3 N–H and O–H groups in total. The number of nitrogens with two attached hydrogens (primary N) is 1. The average molecular weight is 324 g/mol. The molecule has 2 heterocycles. The van der Waals surface area contributed by atoms with Crippen molar-refractivity contribution < 1.29 is 0 Å². The predicted molar refractivity (Wildman–Crippen MR) is 98.0 cm³/mol. The van der Waals surface area contributed by atoms with Crippen LogP contribution in [-0.2, 0) is 6.42 Å². The predicted octanol–water partition coefficient (Wildman–Crippen LogP) is 3.42. The number of hydrogen-bond donors (Lipinski definition) is 2. The Bertz CT molecular complexity index is 796. The second-order valence-electron chi connectivity index (χ2n) is 6.06. The molecule has 0 fully saturated rings. The number of imidazole rings is 1. The van der Waals surface area contributed by atoms with Gasteiger partial charge in [-0.3, -0.25) is 0 Å². The van der Waals surface area contributed by atoms with Gasteiger partial charge in [-0.05, 0) is 25.3 Å². The van der Waals surface area contributed by atoms with Crippen molar-refractivity contribution in [1.29, 1.82) is 0 Å². The average Bonchev–Trinajstić information content (AvgIpc) is 3.01. The van der Waals surface area contributed by atoms with Crippen LogP contribution in [0.5, 0.6) is 0 Å². The van der Waals surface area contributed by atoms with Gasteiger partial charge in [0, 0.05) is 12.6 Å². The SMILES string of the molecule is CCCC(C)n1cnc2c(N)nc(NCCc3ccccc3)nc21. The molecule has 1 unspecified atom stereocenters. The zero-order chi connectivity index (χ0) is 16.9. The van der Waals surface area contributed by atoms with Crippen LogP contribution in [-0.4, -0.2) is 26.1 Å². The van der Waals surface area contributed by atoms with Crippen molar-refractivity contribution in [2.45, 2.75) is 39.2 Å². The van der Waals surface area contributed by atoms with E-state index in [1.54, 1.807) is 0 Å². The molecule has 0 bridgehead atoms. The van der Waals surface area contributed by atoms with E-state index >= 15 is 0 Å². The zero-order valence-corrected chi connectivity index (χ0v) is 14.2. The fourth-order valence-electron chi connectivity index (χ4n) is 2.86. The molecule has 126 valence electrons. The highest BCUT2D eigenvalue weighted by molar-refractivity contribution is 5.82. The Morgan fingerprint density at radius 3 is 2.75 bits per heavy atom. The molecule has 0 spiro atoms. The molecule has 1 aromatic carbocycles. The van der Waals surface area contributed by atoms with Crippen molar-refractivity contribution in [1.82, 2.24) is 19.5 Å². The number of anilines is 2. The third-order valence-electron chi connectivity index (χ3n) is 4.17. The summed E-state index contributed by atoms with van der Waals surface area (Å²) in [6.45, 7) is 5.11. The van der Waals surface area contributed by atoms with E-state index in [9.17, 15) is 0 Å². The highest BCUT2D eigenvalue weighted by atomic mass is 15.2. The Morgan fingerprint density at radius 1 is 1.21 bits per heavy atom. The fraction of sp³-hybridized carbons (Fsp3) is 0.389. The lowest BCUT2D eigenvalue weighted by Crippen LogP contribution is -2.11. The molecule has 0 aliphatic heterocycles. The quantitative estimate of drug-likeness (QED) is 0.696. The molecule has 1 atom stereocenters. The van der Waals surface area contributed by atoms with Crippen molar-refractivity contribution >= 4 is 22.9 Å². The second kappa shape index (κ2) is 7.29. The molecule has 0 amide bonds. The lowest BCUT2D eigenvalue weighted by Gasteiger charge is -2.13. The topological polar surface area (TPSA) is 81.7 Å². The van der Waals surface area contributed by atoms with Crippen LogP contribution in [0.2, 0.25) is 0 Å². The largest absolute Gasteiger partial charge is 0.382 e. The third kappa shape index (κ3) is 3.48. The first-order valence-corrected chi connectivity index (χ1v) is 8.47. The number of hydrogen-bond acceptors (Lipinski definition) is 5. The van der Waals surface area contributed by atoms with Gasteiger partial charge in [0.05, 0.1) is 6.33 Å². The van der Waals surface area contributed by atoms with Crippen molar-refractivity contribution in [3.63, 3.8) is 0 Å². The Morgan fingerprint density at radius 2 is 2.00 bits per heavy atom. The molecule has 6 nitrogen and oxygen atoms in total. The summed E-state index contributed by atoms with van der Waals surface area (Å²) in [7, 11) is 0. The number of benzene rings is 1. The van der Waals surface area contributed by atoms with Gasteiger partial charge >= 0.3 is 0 Å². The van der Waals surface area contributed by atoms with Crippen molar-refractivity contribution in [3.8, 4) is 0 Å². The van der Waals surface area contributed by atoms with Crippen LogP contribution < -0.4 is 11.1 Å². The van der Waals surface area contributed by atoms with Crippen LogP contribution in [0.15, 0.2) is 36.7 Å². The van der Waals surface area contributed by atoms with Crippen molar-refractivity contribution in [3.05, 3.63) is 42.2 Å². The number of aromatic nitrogens is 4. The van der Waals surface area contributed by atoms with Crippen LogP contribution in [0.1, 0.15) is 38.3 Å². The summed E-state index contributed by atoms with van der Waals surface area (Å²) in [5.74, 6) is 0.978. The molecule has 0 radical (unpaired) electrons. The molecule has 0 saturated heterocycles. The minimum absolute atomic E-state index is 0.339. The van der Waals surface area contributed by atoms with Gasteiger partial charge in [-0.2, -0.15) is 9.97 Å². The van der Waals surface area contributed by atoms with Crippen LogP contribution in [0.4, 0.5) is 11.8 Å². The second-order valence-corrected chi connectivity index (χ2v) is 6.06. The van der Waals surface area contributed by atoms with E-state index in [1.165, 1.54) is 5.56 Å². The Hall–Kier alpha value is -2.63. The summed E-state index contributed by atoms with van der Waals surface area (Å²) in [4.78, 5) is 13.3. The number of nitrogen functional groups attached to an aromatic ring is 1. The zero-order valence-electron chi connectivity index (χ0n) is 14.2. The van der Waals surface area contributed by atoms with Crippen LogP contribution in [0.3, 0.4) is 0 Å². The minimum atomic E-state index is 0.339. The molecule has 2 aromatic heterocycles. The smallest absolute Gasteiger partial charge is 0.226 e. The maximum atomic E-state index is 6.06. The lowest BCUT2D eigenvalue weighted by atomic mass is 10.1. The molecule has 0 saturated carbocycles. The summed E-state index contributed by atoms with van der Waals surface area (Å²) in [5.41, 5.74) is 8.81. The van der Waals surface area contributed by atoms with E-state index in [-0.39, 0.29) is 0 Å². The first-order chi connectivity index (χ1) is 11.7. The number of rotatable bonds is 7. The summed E-state index contributed by atoms with van der Waals surface area (Å²) in [5, 5.41) is 3.27. The molecular weight excluding hydrogens is 300 g/mol. The maximum Gasteiger partial charge on any atom is 0.226 e. The summed E-state index contributed by atoms with van der Waals surface area (Å²) in [6, 6.07) is 10.7. The van der Waals surface area contributed by atoms with Crippen LogP contribution in [0, 0.1) is 0 Å². The normalized spacial score (nSPS) is 12.4. The first kappa shape index (κ1) is 16.2. The number of fused-ring (bicyclic) bond motifs is 1. The molecular formula is C18H24N6. The van der Waals surface area contributed by atoms with Gasteiger partial charge in [0.15, 0.2) is 11.5 Å². The van der Waals surface area contributed by atoms with Gasteiger partial charge in [-0.25, -0.2) is 4.98 Å². The van der Waals surface area contributed by atoms with Gasteiger partial charge in [0.2, 0.25) is 5.95 Å². The fourth-order valence-corrected chi connectivity index (χ4v) is 2.86. The van der Waals surface area contributed by atoms with E-state index in [2.05, 4.69) is 50.8 Å². The van der Waals surface area contributed by atoms with E-state index in [0.29, 0.717) is 23.3 Å². The van der Waals surface area contributed by atoms with Crippen LogP contribution >= 0.6 is 0 Å². The van der Waals surface area contributed by atoms with E-state index in [4.69, 9.17) is 5.73 Å². The van der Waals surface area contributed by atoms with Gasteiger partial charge < -0.3 is 15.6 Å². The molecule has 24 heavy (non-hydrogen) atoms. The highest BCUT2D eigenvalue weighted by Crippen LogP contribution is 2.23. The standard InChI is InChI=1S/C18H24N6/c1-3-7-13(2)24-12-21-15-16(19)22-18(23-17(15)24)20-11-10-14-8-5-4-6-9-14/h4-6,8-9,12-13H,3,7,10-11H2,1-2H3,(H3,19,20,22,23). The Kier molecular flexibility index (Phi) is 4.93. The Labute approximate surface area is 142 Å². The highest BCUT2D eigenvalue weighted by Gasteiger charge is 2.14. The van der Waals surface area contributed by atoms with Crippen LogP contribution in [0.25, 0.3) is 11.2 Å². The monoisotopic (exact) mass is 324 g/mol. The van der Waals surface area contributed by atoms with Gasteiger partial charge in [-0.15, -0.1) is 0 Å². The summed E-state index contributed by atoms with van der Waals surface area (Å²) in [6.07, 6.45) is 4.91. The van der Waals surface area contributed by atoms with E-state index in [0.717, 1.165) is 31.5 Å². The van der Waals surface area contributed by atoms with Crippen molar-refractivity contribution in [2.75, 3.05) is 17.6 Å². The van der Waals surface area contributed by atoms with Gasteiger partial charge in [0.1, 0.15) is 5.52 Å². The number of nitrogens with zero attached hydrogens (tertiary/aromatic N) is 4. The molecule has 0 aliphatic carbocycles. The summed E-state index contributed by atoms with van der Waals surface area (Å²) < 4.78 is 2.08. The minimum Gasteiger partial charge on any atom is -0.382 e.